The minimum Gasteiger partial charge on any atom is -0.396 e. The summed E-state index contributed by atoms with van der Waals surface area (Å²) in [6.45, 7) is 4.14. The number of aliphatic hydroxyl groups excluding tert-OH is 1. The van der Waals surface area contributed by atoms with Crippen molar-refractivity contribution in [3.05, 3.63) is 6.92 Å². The van der Waals surface area contributed by atoms with Crippen molar-refractivity contribution in [2.24, 2.45) is 0 Å². The Kier molecular flexibility index (Phi) is 8.92. The number of hydrogen-bond acceptors (Lipinski definition) is 1. The Hall–Kier alpha value is -0.0400. The Bertz CT molecular complexity index is 44.7. The summed E-state index contributed by atoms with van der Waals surface area (Å²) in [5, 5.41) is 8.46. The smallest absolute Gasteiger partial charge is 0.0431 e. The van der Waals surface area contributed by atoms with E-state index < -0.39 is 0 Å². The molecule has 1 heteroatoms. The molecule has 0 bridgehead atoms. The summed E-state index contributed by atoms with van der Waals surface area (Å²) in [5.74, 6) is 0. The molecule has 61 valence electrons. The molecule has 0 amide bonds. The standard InChI is InChI=1S/C9H19O/c1-2-3-4-5-6-7-8-9-10/h10H,1-9H2. The van der Waals surface area contributed by atoms with Gasteiger partial charge in [-0.05, 0) is 6.42 Å². The lowest BCUT2D eigenvalue weighted by Gasteiger charge is -1.97. The van der Waals surface area contributed by atoms with Gasteiger partial charge in [-0.2, -0.15) is 0 Å². The van der Waals surface area contributed by atoms with Crippen molar-refractivity contribution in [2.45, 2.75) is 44.9 Å². The molecule has 10 heavy (non-hydrogen) atoms. The Balaban J connectivity index is 2.65. The second-order valence-corrected chi connectivity index (χ2v) is 2.70. The van der Waals surface area contributed by atoms with E-state index in [1.165, 1.54) is 32.1 Å². The summed E-state index contributed by atoms with van der Waals surface area (Å²) < 4.78 is 0. The summed E-state index contributed by atoms with van der Waals surface area (Å²) in [6, 6.07) is 0. The van der Waals surface area contributed by atoms with Crippen LogP contribution in [-0.2, 0) is 0 Å². The van der Waals surface area contributed by atoms with Crippen LogP contribution in [0.25, 0.3) is 0 Å². The van der Waals surface area contributed by atoms with Gasteiger partial charge in [0.1, 0.15) is 0 Å². The second-order valence-electron chi connectivity index (χ2n) is 2.70. The first kappa shape index (κ1) is 9.96. The van der Waals surface area contributed by atoms with Gasteiger partial charge >= 0.3 is 0 Å². The van der Waals surface area contributed by atoms with Crippen LogP contribution in [-0.4, -0.2) is 11.7 Å². The van der Waals surface area contributed by atoms with Gasteiger partial charge < -0.3 is 5.11 Å². The first-order chi connectivity index (χ1) is 4.91. The minimum absolute atomic E-state index is 0.356. The molecule has 0 saturated heterocycles. The molecule has 1 radical (unpaired) electrons. The summed E-state index contributed by atoms with van der Waals surface area (Å²) in [7, 11) is 0. The predicted molar refractivity (Wildman–Crippen MR) is 44.8 cm³/mol. The van der Waals surface area contributed by atoms with E-state index in [0.29, 0.717) is 6.61 Å². The summed E-state index contributed by atoms with van der Waals surface area (Å²) >= 11 is 0. The van der Waals surface area contributed by atoms with Crippen molar-refractivity contribution in [3.63, 3.8) is 0 Å². The highest BCUT2D eigenvalue weighted by Crippen LogP contribution is 2.05. The molecule has 0 aliphatic rings. The maximum atomic E-state index is 8.46. The van der Waals surface area contributed by atoms with Gasteiger partial charge in [0.25, 0.3) is 0 Å². The van der Waals surface area contributed by atoms with Crippen molar-refractivity contribution in [1.82, 2.24) is 0 Å². The van der Waals surface area contributed by atoms with E-state index in [0.717, 1.165) is 12.8 Å². The van der Waals surface area contributed by atoms with Gasteiger partial charge in [0.05, 0.1) is 0 Å². The van der Waals surface area contributed by atoms with Crippen molar-refractivity contribution in [2.75, 3.05) is 6.61 Å². The molecule has 0 unspecified atom stereocenters. The van der Waals surface area contributed by atoms with E-state index in [2.05, 4.69) is 6.92 Å². The van der Waals surface area contributed by atoms with E-state index in [1.54, 1.807) is 0 Å². The molecule has 0 aromatic rings. The van der Waals surface area contributed by atoms with Crippen molar-refractivity contribution in [3.8, 4) is 0 Å². The lowest BCUT2D eigenvalue weighted by molar-refractivity contribution is 0.282. The Morgan fingerprint density at radius 1 is 0.800 bits per heavy atom. The molecule has 1 nitrogen and oxygen atoms in total. The molecule has 0 aromatic carbocycles. The average molecular weight is 143 g/mol. The summed E-state index contributed by atoms with van der Waals surface area (Å²) in [5.41, 5.74) is 0. The molecule has 0 spiro atoms. The van der Waals surface area contributed by atoms with Crippen LogP contribution in [0, 0.1) is 6.92 Å². The average Bonchev–Trinajstić information content (AvgIpc) is 1.97. The zero-order valence-electron chi connectivity index (χ0n) is 6.81. The third-order valence-electron chi connectivity index (χ3n) is 1.66. The SMILES string of the molecule is [CH2]CCCCCCCCO. The summed E-state index contributed by atoms with van der Waals surface area (Å²) in [4.78, 5) is 0. The van der Waals surface area contributed by atoms with E-state index >= 15 is 0 Å². The molecule has 0 heterocycles. The Morgan fingerprint density at radius 2 is 1.30 bits per heavy atom. The molecule has 0 saturated carbocycles. The highest BCUT2D eigenvalue weighted by Gasteiger charge is 1.88. The Labute approximate surface area is 64.5 Å². The molecule has 0 rings (SSSR count). The topological polar surface area (TPSA) is 20.2 Å². The van der Waals surface area contributed by atoms with Crippen LogP contribution in [0.5, 0.6) is 0 Å². The van der Waals surface area contributed by atoms with Crippen LogP contribution in [0.4, 0.5) is 0 Å². The van der Waals surface area contributed by atoms with Gasteiger partial charge in [0, 0.05) is 6.61 Å². The number of hydrogen-bond donors (Lipinski definition) is 1. The van der Waals surface area contributed by atoms with E-state index in [9.17, 15) is 0 Å². The van der Waals surface area contributed by atoms with Crippen LogP contribution in [0.1, 0.15) is 44.9 Å². The minimum atomic E-state index is 0.356. The van der Waals surface area contributed by atoms with E-state index in [4.69, 9.17) is 5.11 Å². The highest BCUT2D eigenvalue weighted by molar-refractivity contribution is 4.45. The maximum absolute atomic E-state index is 8.46. The lowest BCUT2D eigenvalue weighted by atomic mass is 10.1. The second kappa shape index (κ2) is 8.96. The molecule has 0 fully saturated rings. The molecular weight excluding hydrogens is 124 g/mol. The lowest BCUT2D eigenvalue weighted by Crippen LogP contribution is -1.83. The van der Waals surface area contributed by atoms with Gasteiger partial charge in [-0.15, -0.1) is 0 Å². The van der Waals surface area contributed by atoms with E-state index in [-0.39, 0.29) is 0 Å². The fraction of sp³-hybridized carbons (Fsp3) is 0.889. The number of rotatable bonds is 7. The first-order valence-corrected chi connectivity index (χ1v) is 4.32. The zero-order chi connectivity index (χ0) is 7.66. The maximum Gasteiger partial charge on any atom is 0.0431 e. The predicted octanol–water partition coefficient (Wildman–Crippen LogP) is 2.54. The third kappa shape index (κ3) is 7.96. The summed E-state index contributed by atoms with van der Waals surface area (Å²) in [6.07, 6.45) is 8.40. The largest absolute Gasteiger partial charge is 0.396 e. The number of unbranched alkanes of at least 4 members (excludes halogenated alkanes) is 6. The van der Waals surface area contributed by atoms with Gasteiger partial charge in [0.2, 0.25) is 0 Å². The van der Waals surface area contributed by atoms with Crippen LogP contribution in [0.2, 0.25) is 0 Å². The Morgan fingerprint density at radius 3 is 1.80 bits per heavy atom. The molecule has 0 aromatic heterocycles. The monoisotopic (exact) mass is 143 g/mol. The van der Waals surface area contributed by atoms with Crippen LogP contribution < -0.4 is 0 Å². The van der Waals surface area contributed by atoms with Crippen molar-refractivity contribution < 1.29 is 5.11 Å². The van der Waals surface area contributed by atoms with Gasteiger partial charge in [-0.1, -0.05) is 45.4 Å². The highest BCUT2D eigenvalue weighted by atomic mass is 16.2. The van der Waals surface area contributed by atoms with Crippen LogP contribution in [0.15, 0.2) is 0 Å². The van der Waals surface area contributed by atoms with Gasteiger partial charge in [-0.25, -0.2) is 0 Å². The van der Waals surface area contributed by atoms with Gasteiger partial charge in [-0.3, -0.25) is 0 Å². The third-order valence-corrected chi connectivity index (χ3v) is 1.66. The molecule has 0 aliphatic carbocycles. The fourth-order valence-corrected chi connectivity index (χ4v) is 0.996. The molecular formula is C9H19O. The number of aliphatic hydroxyl groups is 1. The zero-order valence-corrected chi connectivity index (χ0v) is 6.81. The van der Waals surface area contributed by atoms with Gasteiger partial charge in [0.15, 0.2) is 0 Å². The molecule has 0 atom stereocenters. The normalized spacial score (nSPS) is 10.2. The van der Waals surface area contributed by atoms with Crippen LogP contribution >= 0.6 is 0 Å². The first-order valence-electron chi connectivity index (χ1n) is 4.32. The quantitative estimate of drug-likeness (QED) is 0.543. The molecule has 0 aliphatic heterocycles. The van der Waals surface area contributed by atoms with Crippen LogP contribution in [0.3, 0.4) is 0 Å². The van der Waals surface area contributed by atoms with Crippen molar-refractivity contribution >= 4 is 0 Å². The van der Waals surface area contributed by atoms with Crippen molar-refractivity contribution in [1.29, 1.82) is 0 Å². The molecule has 1 N–H and O–H groups in total. The van der Waals surface area contributed by atoms with E-state index in [1.807, 2.05) is 0 Å². The fourth-order valence-electron chi connectivity index (χ4n) is 0.996.